The van der Waals surface area contributed by atoms with Crippen LogP contribution in [0.2, 0.25) is 0 Å². The molecular formula is C13H23N5S. The third kappa shape index (κ3) is 3.73. The fraction of sp³-hybridized carbons (Fsp3) is 0.769. The first-order valence-corrected chi connectivity index (χ1v) is 7.38. The Bertz CT molecular complexity index is 428. The van der Waals surface area contributed by atoms with E-state index in [1.807, 2.05) is 4.68 Å². The molecule has 1 unspecified atom stereocenters. The normalized spacial score (nSPS) is 20.9. The van der Waals surface area contributed by atoms with E-state index in [9.17, 15) is 0 Å². The van der Waals surface area contributed by atoms with E-state index >= 15 is 0 Å². The van der Waals surface area contributed by atoms with E-state index in [1.54, 1.807) is 6.33 Å². The number of nitrogens with two attached hydrogens (primary N) is 1. The molecule has 0 aromatic carbocycles. The van der Waals surface area contributed by atoms with Crippen LogP contribution in [0.4, 0.5) is 0 Å². The van der Waals surface area contributed by atoms with Gasteiger partial charge in [0.15, 0.2) is 0 Å². The Morgan fingerprint density at radius 2 is 2.32 bits per heavy atom. The first-order chi connectivity index (χ1) is 9.08. The minimum atomic E-state index is 0.216. The highest BCUT2D eigenvalue weighted by atomic mass is 32.1. The van der Waals surface area contributed by atoms with E-state index in [-0.39, 0.29) is 6.04 Å². The summed E-state index contributed by atoms with van der Waals surface area (Å²) >= 11 is 5.18. The highest BCUT2D eigenvalue weighted by Crippen LogP contribution is 2.19. The van der Waals surface area contributed by atoms with Gasteiger partial charge in [-0.2, -0.15) is 5.10 Å². The molecule has 1 aliphatic rings. The maximum absolute atomic E-state index is 5.85. The Morgan fingerprint density at radius 1 is 1.53 bits per heavy atom. The number of hydrogen-bond donors (Lipinski definition) is 1. The molecule has 0 saturated carbocycles. The summed E-state index contributed by atoms with van der Waals surface area (Å²) in [6.07, 6.45) is 5.11. The minimum absolute atomic E-state index is 0.216. The van der Waals surface area contributed by atoms with E-state index in [2.05, 4.69) is 28.8 Å². The van der Waals surface area contributed by atoms with E-state index in [0.29, 0.717) is 10.9 Å². The second kappa shape index (κ2) is 6.43. The minimum Gasteiger partial charge on any atom is -0.392 e. The quantitative estimate of drug-likeness (QED) is 0.830. The maximum atomic E-state index is 5.85. The summed E-state index contributed by atoms with van der Waals surface area (Å²) in [4.78, 5) is 7.33. The van der Waals surface area contributed by atoms with Gasteiger partial charge in [-0.3, -0.25) is 4.90 Å². The molecule has 1 fully saturated rings. The average Bonchev–Trinajstić information content (AvgIpc) is 2.76. The standard InChI is InChI=1S/C13H23N5S/c1-10(2)7-18-12(15-9-16-18)8-17-6-4-3-5-11(17)13(14)19/h9-11H,3-8H2,1-2H3,(H2,14,19). The Labute approximate surface area is 120 Å². The predicted molar refractivity (Wildman–Crippen MR) is 79.7 cm³/mol. The zero-order valence-corrected chi connectivity index (χ0v) is 12.6. The summed E-state index contributed by atoms with van der Waals surface area (Å²) in [5, 5.41) is 4.31. The summed E-state index contributed by atoms with van der Waals surface area (Å²) in [7, 11) is 0. The van der Waals surface area contributed by atoms with Gasteiger partial charge in [-0.1, -0.05) is 32.5 Å². The van der Waals surface area contributed by atoms with Crippen LogP contribution in [0.5, 0.6) is 0 Å². The number of rotatable bonds is 5. The lowest BCUT2D eigenvalue weighted by molar-refractivity contribution is 0.176. The van der Waals surface area contributed by atoms with Crippen LogP contribution in [0, 0.1) is 5.92 Å². The van der Waals surface area contributed by atoms with Gasteiger partial charge in [0, 0.05) is 6.54 Å². The smallest absolute Gasteiger partial charge is 0.141 e. The number of piperidine rings is 1. The van der Waals surface area contributed by atoms with Crippen molar-refractivity contribution in [3.63, 3.8) is 0 Å². The van der Waals surface area contributed by atoms with Gasteiger partial charge >= 0.3 is 0 Å². The Hall–Kier alpha value is -1.01. The molecule has 2 heterocycles. The van der Waals surface area contributed by atoms with Crippen molar-refractivity contribution in [2.45, 2.75) is 52.2 Å². The SMILES string of the molecule is CC(C)Cn1ncnc1CN1CCCCC1C(N)=S. The van der Waals surface area contributed by atoms with Crippen molar-refractivity contribution in [3.05, 3.63) is 12.2 Å². The Morgan fingerprint density at radius 3 is 3.00 bits per heavy atom. The van der Waals surface area contributed by atoms with Crippen molar-refractivity contribution in [3.8, 4) is 0 Å². The van der Waals surface area contributed by atoms with Gasteiger partial charge in [0.1, 0.15) is 12.2 Å². The van der Waals surface area contributed by atoms with Gasteiger partial charge in [0.25, 0.3) is 0 Å². The third-order valence-corrected chi connectivity index (χ3v) is 3.79. The molecule has 106 valence electrons. The highest BCUT2D eigenvalue weighted by Gasteiger charge is 2.25. The van der Waals surface area contributed by atoms with Crippen LogP contribution >= 0.6 is 12.2 Å². The summed E-state index contributed by atoms with van der Waals surface area (Å²) in [6.45, 7) is 7.10. The van der Waals surface area contributed by atoms with Crippen LogP contribution in [-0.4, -0.2) is 37.2 Å². The number of likely N-dealkylation sites (tertiary alicyclic amines) is 1. The van der Waals surface area contributed by atoms with Crippen LogP contribution in [0.3, 0.4) is 0 Å². The molecule has 0 aliphatic carbocycles. The van der Waals surface area contributed by atoms with E-state index in [4.69, 9.17) is 18.0 Å². The highest BCUT2D eigenvalue weighted by molar-refractivity contribution is 7.80. The molecule has 1 aliphatic heterocycles. The summed E-state index contributed by atoms with van der Waals surface area (Å²) in [6, 6.07) is 0.216. The molecule has 5 nitrogen and oxygen atoms in total. The van der Waals surface area contributed by atoms with Gasteiger partial charge in [0.2, 0.25) is 0 Å². The molecule has 6 heteroatoms. The van der Waals surface area contributed by atoms with E-state index in [1.165, 1.54) is 12.8 Å². The third-order valence-electron chi connectivity index (χ3n) is 3.52. The lowest BCUT2D eigenvalue weighted by Gasteiger charge is -2.34. The van der Waals surface area contributed by atoms with Crippen molar-refractivity contribution in [1.82, 2.24) is 19.7 Å². The maximum Gasteiger partial charge on any atom is 0.141 e. The molecule has 1 aromatic heterocycles. The van der Waals surface area contributed by atoms with Gasteiger partial charge in [0.05, 0.1) is 17.6 Å². The lowest BCUT2D eigenvalue weighted by atomic mass is 10.0. The molecule has 2 N–H and O–H groups in total. The summed E-state index contributed by atoms with van der Waals surface area (Å²) in [5.74, 6) is 1.57. The Balaban J connectivity index is 2.06. The topological polar surface area (TPSA) is 60.0 Å². The zero-order chi connectivity index (χ0) is 13.8. The first kappa shape index (κ1) is 14.4. The molecule has 0 spiro atoms. The number of aromatic nitrogens is 3. The predicted octanol–water partition coefficient (Wildman–Crippen LogP) is 1.57. The van der Waals surface area contributed by atoms with Crippen LogP contribution in [0.25, 0.3) is 0 Å². The molecule has 19 heavy (non-hydrogen) atoms. The van der Waals surface area contributed by atoms with Crippen LogP contribution in [-0.2, 0) is 13.1 Å². The number of thiocarbonyl (C=S) groups is 1. The summed E-state index contributed by atoms with van der Waals surface area (Å²) in [5.41, 5.74) is 5.85. The van der Waals surface area contributed by atoms with Gasteiger partial charge in [-0.25, -0.2) is 9.67 Å². The second-order valence-electron chi connectivity index (χ2n) is 5.64. The van der Waals surface area contributed by atoms with Gasteiger partial charge < -0.3 is 5.73 Å². The molecule has 1 saturated heterocycles. The first-order valence-electron chi connectivity index (χ1n) is 6.98. The molecule has 0 amide bonds. The van der Waals surface area contributed by atoms with Crippen LogP contribution < -0.4 is 5.73 Å². The number of nitrogens with zero attached hydrogens (tertiary/aromatic N) is 4. The lowest BCUT2D eigenvalue weighted by Crippen LogP contribution is -2.46. The molecule has 1 atom stereocenters. The van der Waals surface area contributed by atoms with Crippen LogP contribution in [0.15, 0.2) is 6.33 Å². The van der Waals surface area contributed by atoms with Crippen molar-refractivity contribution in [2.75, 3.05) is 6.54 Å². The largest absolute Gasteiger partial charge is 0.392 e. The molecule has 1 aromatic rings. The fourth-order valence-corrected chi connectivity index (χ4v) is 2.86. The van der Waals surface area contributed by atoms with Gasteiger partial charge in [-0.15, -0.1) is 0 Å². The zero-order valence-electron chi connectivity index (χ0n) is 11.7. The number of hydrogen-bond acceptors (Lipinski definition) is 4. The van der Waals surface area contributed by atoms with Crippen molar-refractivity contribution < 1.29 is 0 Å². The molecular weight excluding hydrogens is 258 g/mol. The average molecular weight is 281 g/mol. The van der Waals surface area contributed by atoms with Crippen molar-refractivity contribution in [2.24, 2.45) is 11.7 Å². The molecule has 0 radical (unpaired) electrons. The Kier molecular flexibility index (Phi) is 4.87. The van der Waals surface area contributed by atoms with Crippen molar-refractivity contribution >= 4 is 17.2 Å². The fourth-order valence-electron chi connectivity index (χ4n) is 2.59. The molecule has 2 rings (SSSR count). The summed E-state index contributed by atoms with van der Waals surface area (Å²) < 4.78 is 2.00. The van der Waals surface area contributed by atoms with Crippen LogP contribution in [0.1, 0.15) is 38.9 Å². The molecule has 0 bridgehead atoms. The van der Waals surface area contributed by atoms with E-state index < -0.39 is 0 Å². The second-order valence-corrected chi connectivity index (χ2v) is 6.11. The van der Waals surface area contributed by atoms with Gasteiger partial charge in [-0.05, 0) is 25.3 Å². The van der Waals surface area contributed by atoms with E-state index in [0.717, 1.165) is 31.9 Å². The monoisotopic (exact) mass is 281 g/mol. The van der Waals surface area contributed by atoms with Crippen molar-refractivity contribution in [1.29, 1.82) is 0 Å².